The monoisotopic (exact) mass is 291 g/mol. The van der Waals surface area contributed by atoms with Crippen LogP contribution in [0, 0.1) is 0 Å². The minimum absolute atomic E-state index is 0.0214. The third-order valence-corrected chi connectivity index (χ3v) is 3.50. The summed E-state index contributed by atoms with van der Waals surface area (Å²) in [6.45, 7) is 0.680. The van der Waals surface area contributed by atoms with Crippen LogP contribution in [-0.4, -0.2) is 31.1 Å². The molecule has 4 N–H and O–H groups in total. The Balaban J connectivity index is 1.71. The van der Waals surface area contributed by atoms with E-state index in [0.717, 1.165) is 12.8 Å². The maximum absolute atomic E-state index is 12.0. The third-order valence-electron chi connectivity index (χ3n) is 3.50. The van der Waals surface area contributed by atoms with Crippen molar-refractivity contribution >= 4 is 28.9 Å². The van der Waals surface area contributed by atoms with Gasteiger partial charge in [-0.3, -0.25) is 9.59 Å². The van der Waals surface area contributed by atoms with Crippen molar-refractivity contribution in [3.05, 3.63) is 12.1 Å². The lowest BCUT2D eigenvalue weighted by atomic mass is 10.1. The minimum atomic E-state index is -0.232. The smallest absolute Gasteiger partial charge is 0.262 e. The van der Waals surface area contributed by atoms with Crippen molar-refractivity contribution in [2.45, 2.75) is 25.4 Å². The summed E-state index contributed by atoms with van der Waals surface area (Å²) in [5, 5.41) is 5.43. The molecule has 7 nitrogen and oxygen atoms in total. The van der Waals surface area contributed by atoms with Crippen LogP contribution < -0.4 is 21.1 Å². The van der Waals surface area contributed by atoms with Crippen molar-refractivity contribution < 1.29 is 19.1 Å². The van der Waals surface area contributed by atoms with Gasteiger partial charge in [-0.25, -0.2) is 0 Å². The molecule has 0 saturated carbocycles. The standard InChI is InChI=1S/C14H17N3O4/c15-9-5-12-11(17-14(19)7-21-12)6-10(9)16-13(18)4-8-2-1-3-20-8/h5-6,8H,1-4,7,15H2,(H,16,18)(H,17,19). The first-order valence-corrected chi connectivity index (χ1v) is 6.89. The lowest BCUT2D eigenvalue weighted by molar-refractivity contribution is -0.119. The zero-order valence-electron chi connectivity index (χ0n) is 11.5. The molecule has 0 bridgehead atoms. The number of ether oxygens (including phenoxy) is 2. The van der Waals surface area contributed by atoms with Crippen LogP contribution in [0.15, 0.2) is 12.1 Å². The second-order valence-electron chi connectivity index (χ2n) is 5.16. The van der Waals surface area contributed by atoms with Crippen LogP contribution >= 0.6 is 0 Å². The number of carbonyl (C=O) groups is 2. The molecule has 2 aliphatic heterocycles. The number of hydrogen-bond donors (Lipinski definition) is 3. The molecule has 0 spiro atoms. The Kier molecular flexibility index (Phi) is 3.66. The first-order chi connectivity index (χ1) is 10.1. The molecule has 1 aromatic rings. The van der Waals surface area contributed by atoms with Gasteiger partial charge in [0.05, 0.1) is 29.6 Å². The number of fused-ring (bicyclic) bond motifs is 1. The number of anilines is 3. The van der Waals surface area contributed by atoms with Gasteiger partial charge < -0.3 is 25.8 Å². The number of carbonyl (C=O) groups excluding carboxylic acids is 2. The van der Waals surface area contributed by atoms with Gasteiger partial charge in [-0.15, -0.1) is 0 Å². The van der Waals surface area contributed by atoms with Crippen LogP contribution in [-0.2, 0) is 14.3 Å². The highest BCUT2D eigenvalue weighted by Gasteiger charge is 2.21. The van der Waals surface area contributed by atoms with E-state index in [4.69, 9.17) is 15.2 Å². The Morgan fingerprint density at radius 2 is 2.33 bits per heavy atom. The van der Waals surface area contributed by atoms with Crippen LogP contribution in [0.1, 0.15) is 19.3 Å². The van der Waals surface area contributed by atoms with Crippen molar-refractivity contribution in [2.75, 3.05) is 29.6 Å². The molecule has 1 unspecified atom stereocenters. The highest BCUT2D eigenvalue weighted by molar-refractivity contribution is 6.00. The van der Waals surface area contributed by atoms with E-state index >= 15 is 0 Å². The highest BCUT2D eigenvalue weighted by atomic mass is 16.5. The van der Waals surface area contributed by atoms with E-state index in [1.807, 2.05) is 0 Å². The van der Waals surface area contributed by atoms with Crippen molar-refractivity contribution in [2.24, 2.45) is 0 Å². The molecule has 21 heavy (non-hydrogen) atoms. The Morgan fingerprint density at radius 3 is 3.10 bits per heavy atom. The molecule has 0 aliphatic carbocycles. The van der Waals surface area contributed by atoms with E-state index in [9.17, 15) is 9.59 Å². The number of rotatable bonds is 3. The lowest BCUT2D eigenvalue weighted by Gasteiger charge is -2.20. The fourth-order valence-electron chi connectivity index (χ4n) is 2.46. The summed E-state index contributed by atoms with van der Waals surface area (Å²) in [6.07, 6.45) is 2.17. The van der Waals surface area contributed by atoms with Gasteiger partial charge in [-0.2, -0.15) is 0 Å². The van der Waals surface area contributed by atoms with Crippen LogP contribution in [0.3, 0.4) is 0 Å². The Hall–Kier alpha value is -2.28. The van der Waals surface area contributed by atoms with Gasteiger partial charge in [0.25, 0.3) is 5.91 Å². The zero-order chi connectivity index (χ0) is 14.8. The van der Waals surface area contributed by atoms with Crippen LogP contribution in [0.2, 0.25) is 0 Å². The van der Waals surface area contributed by atoms with Gasteiger partial charge in [-0.05, 0) is 18.9 Å². The number of nitrogens with one attached hydrogen (secondary N) is 2. The van der Waals surface area contributed by atoms with E-state index in [2.05, 4.69) is 10.6 Å². The van der Waals surface area contributed by atoms with Crippen molar-refractivity contribution in [1.29, 1.82) is 0 Å². The summed E-state index contributed by atoms with van der Waals surface area (Å²) in [4.78, 5) is 23.3. The largest absolute Gasteiger partial charge is 0.482 e. The number of amides is 2. The van der Waals surface area contributed by atoms with E-state index in [1.165, 1.54) is 0 Å². The van der Waals surface area contributed by atoms with Crippen molar-refractivity contribution in [3.8, 4) is 5.75 Å². The molecular weight excluding hydrogens is 274 g/mol. The normalized spacial score (nSPS) is 20.4. The van der Waals surface area contributed by atoms with Crippen LogP contribution in [0.5, 0.6) is 5.75 Å². The summed E-state index contributed by atoms with van der Waals surface area (Å²) in [7, 11) is 0. The maximum atomic E-state index is 12.0. The summed E-state index contributed by atoms with van der Waals surface area (Å²) in [5.41, 5.74) is 7.26. The van der Waals surface area contributed by atoms with Gasteiger partial charge in [0.1, 0.15) is 5.75 Å². The number of hydrogen-bond acceptors (Lipinski definition) is 5. The number of nitrogen functional groups attached to an aromatic ring is 1. The molecule has 1 saturated heterocycles. The quantitative estimate of drug-likeness (QED) is 0.724. The summed E-state index contributed by atoms with van der Waals surface area (Å²) in [6, 6.07) is 3.20. The summed E-state index contributed by atoms with van der Waals surface area (Å²) < 4.78 is 10.7. The van der Waals surface area contributed by atoms with Gasteiger partial charge in [0.15, 0.2) is 6.61 Å². The second kappa shape index (κ2) is 5.61. The van der Waals surface area contributed by atoms with Gasteiger partial charge in [0, 0.05) is 12.7 Å². The van der Waals surface area contributed by atoms with E-state index in [0.29, 0.717) is 35.8 Å². The SMILES string of the molecule is Nc1cc2c(cc1NC(=O)CC1CCCO1)NC(=O)CO2. The molecule has 7 heteroatoms. The van der Waals surface area contributed by atoms with Crippen LogP contribution in [0.25, 0.3) is 0 Å². The number of nitrogens with two attached hydrogens (primary N) is 1. The molecule has 0 aromatic heterocycles. The van der Waals surface area contributed by atoms with Crippen LogP contribution in [0.4, 0.5) is 17.1 Å². The first-order valence-electron chi connectivity index (χ1n) is 6.89. The third kappa shape index (κ3) is 3.08. The average Bonchev–Trinajstić information content (AvgIpc) is 2.93. The molecule has 112 valence electrons. The first kappa shape index (κ1) is 13.7. The fraction of sp³-hybridized carbons (Fsp3) is 0.429. The predicted molar refractivity (Wildman–Crippen MR) is 77.2 cm³/mol. The van der Waals surface area contributed by atoms with E-state index < -0.39 is 0 Å². The van der Waals surface area contributed by atoms with Crippen molar-refractivity contribution in [1.82, 2.24) is 0 Å². The maximum Gasteiger partial charge on any atom is 0.262 e. The Morgan fingerprint density at radius 1 is 1.48 bits per heavy atom. The van der Waals surface area contributed by atoms with Crippen molar-refractivity contribution in [3.63, 3.8) is 0 Å². The molecule has 2 aliphatic rings. The summed E-state index contributed by atoms with van der Waals surface area (Å²) in [5.74, 6) is 0.115. The molecule has 1 fully saturated rings. The second-order valence-corrected chi connectivity index (χ2v) is 5.16. The lowest BCUT2D eigenvalue weighted by Crippen LogP contribution is -2.26. The zero-order valence-corrected chi connectivity index (χ0v) is 11.5. The predicted octanol–water partition coefficient (Wildman–Crippen LogP) is 1.11. The van der Waals surface area contributed by atoms with E-state index in [1.54, 1.807) is 12.1 Å². The number of benzene rings is 1. The highest BCUT2D eigenvalue weighted by Crippen LogP contribution is 2.35. The molecule has 1 atom stereocenters. The molecule has 0 radical (unpaired) electrons. The Bertz CT molecular complexity index is 582. The van der Waals surface area contributed by atoms with Gasteiger partial charge in [0.2, 0.25) is 5.91 Å². The molecule has 2 amide bonds. The fourth-order valence-corrected chi connectivity index (χ4v) is 2.46. The summed E-state index contributed by atoms with van der Waals surface area (Å²) >= 11 is 0. The van der Waals surface area contributed by atoms with Gasteiger partial charge >= 0.3 is 0 Å². The average molecular weight is 291 g/mol. The Labute approximate surface area is 121 Å². The molecular formula is C14H17N3O4. The molecule has 1 aromatic carbocycles. The molecule has 2 heterocycles. The van der Waals surface area contributed by atoms with Gasteiger partial charge in [-0.1, -0.05) is 0 Å². The molecule has 3 rings (SSSR count). The topological polar surface area (TPSA) is 103 Å². The van der Waals surface area contributed by atoms with E-state index in [-0.39, 0.29) is 24.5 Å². The minimum Gasteiger partial charge on any atom is -0.482 e.